The Balaban J connectivity index is 2.47. The predicted molar refractivity (Wildman–Crippen MR) is 79.4 cm³/mol. The molecule has 4 heteroatoms. The van der Waals surface area contributed by atoms with Crippen LogP contribution in [0.2, 0.25) is 0 Å². The van der Waals surface area contributed by atoms with Gasteiger partial charge in [-0.1, -0.05) is 13.8 Å². The summed E-state index contributed by atoms with van der Waals surface area (Å²) in [6.45, 7) is 15.9. The summed E-state index contributed by atoms with van der Waals surface area (Å²) in [5, 5.41) is 12.8. The van der Waals surface area contributed by atoms with Crippen molar-refractivity contribution >= 4 is 0 Å². The third-order valence-corrected chi connectivity index (χ3v) is 3.34. The van der Waals surface area contributed by atoms with Crippen LogP contribution in [0.3, 0.4) is 0 Å². The molecule has 0 saturated carbocycles. The van der Waals surface area contributed by atoms with Gasteiger partial charge in [-0.05, 0) is 40.7 Å². The lowest BCUT2D eigenvalue weighted by Gasteiger charge is -2.47. The van der Waals surface area contributed by atoms with Gasteiger partial charge in [0, 0.05) is 25.2 Å². The maximum Gasteiger partial charge on any atom is 0.0760 e. The van der Waals surface area contributed by atoms with Crippen molar-refractivity contribution in [2.45, 2.75) is 71.2 Å². The molecule has 0 spiro atoms. The molecule has 1 atom stereocenters. The molecule has 114 valence electrons. The van der Waals surface area contributed by atoms with Gasteiger partial charge in [0.15, 0.2) is 0 Å². The molecule has 1 aliphatic heterocycles. The molecule has 1 unspecified atom stereocenters. The molecular weight excluding hydrogens is 240 g/mol. The van der Waals surface area contributed by atoms with Gasteiger partial charge in [-0.15, -0.1) is 0 Å². The zero-order valence-electron chi connectivity index (χ0n) is 13.5. The van der Waals surface area contributed by atoms with E-state index in [1.54, 1.807) is 0 Å². The van der Waals surface area contributed by atoms with Crippen LogP contribution in [0.25, 0.3) is 0 Å². The van der Waals surface area contributed by atoms with Crippen LogP contribution in [-0.2, 0) is 4.74 Å². The Kier molecular flexibility index (Phi) is 5.80. The van der Waals surface area contributed by atoms with Crippen molar-refractivity contribution in [2.24, 2.45) is 0 Å². The average molecular weight is 272 g/mol. The van der Waals surface area contributed by atoms with Crippen molar-refractivity contribution in [1.29, 1.82) is 0 Å². The molecule has 1 saturated heterocycles. The molecule has 19 heavy (non-hydrogen) atoms. The predicted octanol–water partition coefficient (Wildman–Crippen LogP) is 1.62. The van der Waals surface area contributed by atoms with Crippen LogP contribution in [0.4, 0.5) is 0 Å². The minimum atomic E-state index is -0.0953. The van der Waals surface area contributed by atoms with Crippen molar-refractivity contribution in [2.75, 3.05) is 26.2 Å². The van der Waals surface area contributed by atoms with Crippen LogP contribution in [0.1, 0.15) is 48.0 Å². The maximum absolute atomic E-state index is 9.40. The molecule has 1 aliphatic rings. The summed E-state index contributed by atoms with van der Waals surface area (Å²) in [6.07, 6.45) is 0.973. The molecule has 2 N–H and O–H groups in total. The fourth-order valence-electron chi connectivity index (χ4n) is 3.14. The number of nitrogens with zero attached hydrogens (tertiary/aromatic N) is 1. The molecule has 0 aliphatic carbocycles. The Bertz CT molecular complexity index is 261. The summed E-state index contributed by atoms with van der Waals surface area (Å²) in [6, 6.07) is 0.601. The number of rotatable bonds is 6. The number of aliphatic hydroxyl groups excluding tert-OH is 1. The lowest BCUT2D eigenvalue weighted by molar-refractivity contribution is -0.180. The standard InChI is InChI=1S/C15H32N2O2/c1-12(2)16-13(9-18)7-8-17-10-14(3,4)19-15(5,6)11-17/h12-13,16,18H,7-11H2,1-6H3. The van der Waals surface area contributed by atoms with Crippen LogP contribution in [0.5, 0.6) is 0 Å². The zero-order chi connectivity index (χ0) is 14.7. The van der Waals surface area contributed by atoms with E-state index < -0.39 is 0 Å². The molecule has 0 radical (unpaired) electrons. The Labute approximate surface area is 118 Å². The van der Waals surface area contributed by atoms with E-state index in [2.05, 4.69) is 51.8 Å². The third-order valence-electron chi connectivity index (χ3n) is 3.34. The van der Waals surface area contributed by atoms with E-state index in [0.29, 0.717) is 6.04 Å². The smallest absolute Gasteiger partial charge is 0.0760 e. The van der Waals surface area contributed by atoms with E-state index in [9.17, 15) is 5.11 Å². The summed E-state index contributed by atoms with van der Waals surface area (Å²) in [5.74, 6) is 0. The van der Waals surface area contributed by atoms with E-state index in [-0.39, 0.29) is 23.9 Å². The van der Waals surface area contributed by atoms with Crippen molar-refractivity contribution in [3.05, 3.63) is 0 Å². The second-order valence-electron chi connectivity index (χ2n) is 7.32. The largest absolute Gasteiger partial charge is 0.395 e. The van der Waals surface area contributed by atoms with Gasteiger partial charge >= 0.3 is 0 Å². The molecule has 0 aromatic carbocycles. The van der Waals surface area contributed by atoms with E-state index >= 15 is 0 Å². The fraction of sp³-hybridized carbons (Fsp3) is 1.00. The first-order chi connectivity index (χ1) is 8.63. The summed E-state index contributed by atoms with van der Waals surface area (Å²) >= 11 is 0. The molecule has 1 heterocycles. The van der Waals surface area contributed by atoms with Crippen LogP contribution < -0.4 is 5.32 Å². The van der Waals surface area contributed by atoms with Gasteiger partial charge in [0.05, 0.1) is 17.8 Å². The Morgan fingerprint density at radius 1 is 1.16 bits per heavy atom. The first-order valence-corrected chi connectivity index (χ1v) is 7.43. The van der Waals surface area contributed by atoms with Crippen LogP contribution in [0.15, 0.2) is 0 Å². The van der Waals surface area contributed by atoms with Gasteiger partial charge < -0.3 is 15.2 Å². The van der Waals surface area contributed by atoms with Gasteiger partial charge in [-0.25, -0.2) is 0 Å². The summed E-state index contributed by atoms with van der Waals surface area (Å²) in [4.78, 5) is 2.45. The van der Waals surface area contributed by atoms with Gasteiger partial charge in [0.2, 0.25) is 0 Å². The van der Waals surface area contributed by atoms with Crippen molar-refractivity contribution in [3.63, 3.8) is 0 Å². The lowest BCUT2D eigenvalue weighted by Crippen LogP contribution is -2.57. The molecule has 1 rings (SSSR count). The monoisotopic (exact) mass is 272 g/mol. The normalized spacial score (nSPS) is 24.6. The van der Waals surface area contributed by atoms with Crippen molar-refractivity contribution < 1.29 is 9.84 Å². The highest BCUT2D eigenvalue weighted by Crippen LogP contribution is 2.28. The summed E-state index contributed by atoms with van der Waals surface area (Å²) in [5.41, 5.74) is -0.191. The Morgan fingerprint density at radius 2 is 1.68 bits per heavy atom. The highest BCUT2D eigenvalue weighted by molar-refractivity contribution is 4.89. The lowest BCUT2D eigenvalue weighted by atomic mass is 9.98. The van der Waals surface area contributed by atoms with Gasteiger partial charge in [0.1, 0.15) is 0 Å². The molecule has 0 bridgehead atoms. The van der Waals surface area contributed by atoms with Gasteiger partial charge in [-0.2, -0.15) is 0 Å². The van der Waals surface area contributed by atoms with Crippen LogP contribution in [0, 0.1) is 0 Å². The van der Waals surface area contributed by atoms with Crippen molar-refractivity contribution in [1.82, 2.24) is 10.2 Å². The topological polar surface area (TPSA) is 44.7 Å². The SMILES string of the molecule is CC(C)NC(CO)CCN1CC(C)(C)OC(C)(C)C1. The zero-order valence-corrected chi connectivity index (χ0v) is 13.5. The summed E-state index contributed by atoms with van der Waals surface area (Å²) < 4.78 is 6.08. The highest BCUT2D eigenvalue weighted by Gasteiger charge is 2.37. The third kappa shape index (κ3) is 6.21. The molecule has 4 nitrogen and oxygen atoms in total. The van der Waals surface area contributed by atoms with Crippen LogP contribution in [-0.4, -0.2) is 59.5 Å². The Morgan fingerprint density at radius 3 is 2.11 bits per heavy atom. The van der Waals surface area contributed by atoms with Gasteiger partial charge in [0.25, 0.3) is 0 Å². The van der Waals surface area contributed by atoms with E-state index in [4.69, 9.17) is 4.74 Å². The number of ether oxygens (including phenoxy) is 1. The molecule has 0 aromatic heterocycles. The molecular formula is C15H32N2O2. The highest BCUT2D eigenvalue weighted by atomic mass is 16.5. The number of hydrogen-bond donors (Lipinski definition) is 2. The second-order valence-corrected chi connectivity index (χ2v) is 7.32. The summed E-state index contributed by atoms with van der Waals surface area (Å²) in [7, 11) is 0. The Hall–Kier alpha value is -0.160. The second kappa shape index (κ2) is 6.53. The van der Waals surface area contributed by atoms with E-state index in [1.807, 2.05) is 0 Å². The molecule has 0 amide bonds. The minimum Gasteiger partial charge on any atom is -0.395 e. The minimum absolute atomic E-state index is 0.0953. The quantitative estimate of drug-likeness (QED) is 0.771. The first kappa shape index (κ1) is 16.9. The van der Waals surface area contributed by atoms with Crippen molar-refractivity contribution in [3.8, 4) is 0 Å². The number of morpholine rings is 1. The average Bonchev–Trinajstić information content (AvgIpc) is 2.19. The van der Waals surface area contributed by atoms with E-state index in [1.165, 1.54) is 0 Å². The molecule has 0 aromatic rings. The number of nitrogens with one attached hydrogen (secondary N) is 1. The van der Waals surface area contributed by atoms with Gasteiger partial charge in [-0.3, -0.25) is 4.90 Å². The van der Waals surface area contributed by atoms with E-state index in [0.717, 1.165) is 26.1 Å². The maximum atomic E-state index is 9.40. The number of hydrogen-bond acceptors (Lipinski definition) is 4. The van der Waals surface area contributed by atoms with Crippen LogP contribution >= 0.6 is 0 Å². The molecule has 1 fully saturated rings. The first-order valence-electron chi connectivity index (χ1n) is 7.43. The fourth-order valence-corrected chi connectivity index (χ4v) is 3.14. The number of aliphatic hydroxyl groups is 1.